The highest BCUT2D eigenvalue weighted by Gasteiger charge is 2.28. The third-order valence-corrected chi connectivity index (χ3v) is 4.75. The van der Waals surface area contributed by atoms with Gasteiger partial charge in [-0.05, 0) is 69.1 Å². The van der Waals surface area contributed by atoms with E-state index in [0.29, 0.717) is 0 Å². The molecule has 3 nitrogen and oxygen atoms in total. The first-order valence-electron chi connectivity index (χ1n) is 7.72. The zero-order valence-electron chi connectivity index (χ0n) is 12.3. The fourth-order valence-electron chi connectivity index (χ4n) is 3.61. The summed E-state index contributed by atoms with van der Waals surface area (Å²) in [5, 5.41) is 8.95. The molecular weight excluding hydrogens is 246 g/mol. The van der Waals surface area contributed by atoms with Crippen molar-refractivity contribution in [2.75, 3.05) is 26.2 Å². The Balaban J connectivity index is 1.69. The molecule has 20 heavy (non-hydrogen) atoms. The van der Waals surface area contributed by atoms with Crippen LogP contribution in [0.15, 0.2) is 18.2 Å². The minimum Gasteiger partial charge on any atom is -0.299 e. The second-order valence-corrected chi connectivity index (χ2v) is 6.17. The molecule has 1 aromatic carbocycles. The van der Waals surface area contributed by atoms with Gasteiger partial charge in [-0.1, -0.05) is 6.07 Å². The van der Waals surface area contributed by atoms with Gasteiger partial charge in [-0.15, -0.1) is 0 Å². The Kier molecular flexibility index (Phi) is 4.05. The molecule has 3 rings (SSSR count). The first kappa shape index (κ1) is 13.6. The first-order valence-corrected chi connectivity index (χ1v) is 7.72. The predicted molar refractivity (Wildman–Crippen MR) is 80.4 cm³/mol. The largest absolute Gasteiger partial charge is 0.299 e. The maximum Gasteiger partial charge on any atom is 0.0991 e. The van der Waals surface area contributed by atoms with Gasteiger partial charge in [0.1, 0.15) is 0 Å². The van der Waals surface area contributed by atoms with E-state index in [-0.39, 0.29) is 0 Å². The summed E-state index contributed by atoms with van der Waals surface area (Å²) in [6, 6.07) is 9.08. The molecule has 1 atom stereocenters. The van der Waals surface area contributed by atoms with Gasteiger partial charge in [0.2, 0.25) is 0 Å². The summed E-state index contributed by atoms with van der Waals surface area (Å²) in [6.45, 7) is 8.13. The normalized spacial score (nSPS) is 24.1. The molecule has 106 valence electrons. The van der Waals surface area contributed by atoms with Crippen LogP contribution in [0.4, 0.5) is 0 Å². The number of benzene rings is 1. The summed E-state index contributed by atoms with van der Waals surface area (Å²) >= 11 is 0. The van der Waals surface area contributed by atoms with Crippen LogP contribution in [0.1, 0.15) is 36.0 Å². The summed E-state index contributed by atoms with van der Waals surface area (Å²) in [7, 11) is 0. The average molecular weight is 269 g/mol. The standard InChI is InChI=1S/C17H23N3/c1-14-10-15(11-18)5-6-16(14)12-19-7-3-9-20-8-2-4-17(20)13-19/h5-6,10,17H,2-4,7-9,12-13H2,1H3. The molecule has 0 bridgehead atoms. The minimum absolute atomic E-state index is 0.768. The lowest BCUT2D eigenvalue weighted by molar-refractivity contribution is 0.215. The molecule has 0 N–H and O–H groups in total. The second-order valence-electron chi connectivity index (χ2n) is 6.17. The van der Waals surface area contributed by atoms with E-state index < -0.39 is 0 Å². The number of rotatable bonds is 2. The molecular formula is C17H23N3. The highest BCUT2D eigenvalue weighted by molar-refractivity contribution is 5.37. The van der Waals surface area contributed by atoms with Crippen LogP contribution in [-0.4, -0.2) is 42.0 Å². The van der Waals surface area contributed by atoms with Crippen molar-refractivity contribution < 1.29 is 0 Å². The molecule has 0 amide bonds. The zero-order chi connectivity index (χ0) is 13.9. The number of fused-ring (bicyclic) bond motifs is 1. The number of hydrogen-bond acceptors (Lipinski definition) is 3. The Bertz CT molecular complexity index is 517. The number of aryl methyl sites for hydroxylation is 1. The monoisotopic (exact) mass is 269 g/mol. The van der Waals surface area contributed by atoms with Crippen molar-refractivity contribution in [2.24, 2.45) is 0 Å². The number of nitrogens with zero attached hydrogens (tertiary/aromatic N) is 3. The molecule has 1 unspecified atom stereocenters. The molecule has 2 fully saturated rings. The molecule has 2 aliphatic heterocycles. The van der Waals surface area contributed by atoms with Crippen molar-refractivity contribution >= 4 is 0 Å². The maximum atomic E-state index is 8.95. The van der Waals surface area contributed by atoms with Crippen molar-refractivity contribution in [1.82, 2.24) is 9.80 Å². The maximum absolute atomic E-state index is 8.95. The van der Waals surface area contributed by atoms with Gasteiger partial charge in [0.05, 0.1) is 11.6 Å². The Labute approximate surface area is 121 Å². The van der Waals surface area contributed by atoms with Crippen LogP contribution >= 0.6 is 0 Å². The lowest BCUT2D eigenvalue weighted by Crippen LogP contribution is -2.36. The molecule has 3 heteroatoms. The fourth-order valence-corrected chi connectivity index (χ4v) is 3.61. The lowest BCUT2D eigenvalue weighted by Gasteiger charge is -2.26. The predicted octanol–water partition coefficient (Wildman–Crippen LogP) is 2.54. The first-order chi connectivity index (χ1) is 9.76. The van der Waals surface area contributed by atoms with Gasteiger partial charge in [-0.25, -0.2) is 0 Å². The van der Waals surface area contributed by atoms with E-state index >= 15 is 0 Å². The Morgan fingerprint density at radius 3 is 2.90 bits per heavy atom. The van der Waals surface area contributed by atoms with Crippen LogP contribution in [0.25, 0.3) is 0 Å². The van der Waals surface area contributed by atoms with E-state index in [1.165, 1.54) is 56.6 Å². The van der Waals surface area contributed by atoms with E-state index in [1.54, 1.807) is 0 Å². The Hall–Kier alpha value is -1.37. The topological polar surface area (TPSA) is 30.3 Å². The SMILES string of the molecule is Cc1cc(C#N)ccc1CN1CCCN2CCCC2C1. The van der Waals surface area contributed by atoms with E-state index in [4.69, 9.17) is 5.26 Å². The van der Waals surface area contributed by atoms with E-state index in [9.17, 15) is 0 Å². The molecule has 2 saturated heterocycles. The number of nitriles is 1. The van der Waals surface area contributed by atoms with Gasteiger partial charge in [-0.2, -0.15) is 5.26 Å². The quantitative estimate of drug-likeness (QED) is 0.826. The van der Waals surface area contributed by atoms with E-state index in [0.717, 1.165) is 18.2 Å². The van der Waals surface area contributed by atoms with Gasteiger partial charge >= 0.3 is 0 Å². The summed E-state index contributed by atoms with van der Waals surface area (Å²) in [5.41, 5.74) is 3.39. The summed E-state index contributed by atoms with van der Waals surface area (Å²) in [4.78, 5) is 5.27. The van der Waals surface area contributed by atoms with Crippen LogP contribution in [-0.2, 0) is 6.54 Å². The smallest absolute Gasteiger partial charge is 0.0991 e. The van der Waals surface area contributed by atoms with Crippen LogP contribution in [0.2, 0.25) is 0 Å². The zero-order valence-corrected chi connectivity index (χ0v) is 12.3. The van der Waals surface area contributed by atoms with E-state index in [1.807, 2.05) is 12.1 Å². The molecule has 0 radical (unpaired) electrons. The molecule has 0 aliphatic carbocycles. The molecule has 2 aliphatic rings. The van der Waals surface area contributed by atoms with Crippen molar-refractivity contribution in [3.05, 3.63) is 34.9 Å². The molecule has 0 saturated carbocycles. The fraction of sp³-hybridized carbons (Fsp3) is 0.588. The van der Waals surface area contributed by atoms with Crippen molar-refractivity contribution in [3.63, 3.8) is 0 Å². The van der Waals surface area contributed by atoms with Crippen LogP contribution in [0, 0.1) is 18.3 Å². The van der Waals surface area contributed by atoms with E-state index in [2.05, 4.69) is 28.9 Å². The lowest BCUT2D eigenvalue weighted by atomic mass is 10.0. The molecule has 0 aromatic heterocycles. The highest BCUT2D eigenvalue weighted by atomic mass is 15.3. The Morgan fingerprint density at radius 1 is 1.25 bits per heavy atom. The summed E-state index contributed by atoms with van der Waals surface area (Å²) < 4.78 is 0. The Morgan fingerprint density at radius 2 is 2.10 bits per heavy atom. The van der Waals surface area contributed by atoms with Crippen molar-refractivity contribution in [3.8, 4) is 6.07 Å². The van der Waals surface area contributed by atoms with Crippen molar-refractivity contribution in [1.29, 1.82) is 5.26 Å². The molecule has 1 aromatic rings. The molecule has 0 spiro atoms. The van der Waals surface area contributed by atoms with Crippen LogP contribution in [0.3, 0.4) is 0 Å². The van der Waals surface area contributed by atoms with Gasteiger partial charge < -0.3 is 0 Å². The summed E-state index contributed by atoms with van der Waals surface area (Å²) in [6.07, 6.45) is 4.02. The third-order valence-electron chi connectivity index (χ3n) is 4.75. The highest BCUT2D eigenvalue weighted by Crippen LogP contribution is 2.23. The second kappa shape index (κ2) is 5.95. The van der Waals surface area contributed by atoms with Gasteiger partial charge in [-0.3, -0.25) is 9.80 Å². The average Bonchev–Trinajstić information content (AvgIpc) is 2.80. The third kappa shape index (κ3) is 2.87. The van der Waals surface area contributed by atoms with Gasteiger partial charge in [0.15, 0.2) is 0 Å². The van der Waals surface area contributed by atoms with Crippen molar-refractivity contribution in [2.45, 2.75) is 38.8 Å². The summed E-state index contributed by atoms with van der Waals surface area (Å²) in [5.74, 6) is 0. The van der Waals surface area contributed by atoms with Gasteiger partial charge in [0.25, 0.3) is 0 Å². The van der Waals surface area contributed by atoms with Crippen LogP contribution < -0.4 is 0 Å². The minimum atomic E-state index is 0.768. The molecule has 2 heterocycles. The van der Waals surface area contributed by atoms with Crippen LogP contribution in [0.5, 0.6) is 0 Å². The van der Waals surface area contributed by atoms with Gasteiger partial charge in [0, 0.05) is 19.1 Å². The number of hydrogen-bond donors (Lipinski definition) is 0.